The lowest BCUT2D eigenvalue weighted by atomic mass is 10.3. The largest absolute Gasteiger partial charge is 0.481 e. The van der Waals surface area contributed by atoms with Crippen molar-refractivity contribution in [1.82, 2.24) is 9.88 Å². The summed E-state index contributed by atoms with van der Waals surface area (Å²) in [6, 6.07) is 13.5. The Labute approximate surface area is 143 Å². The predicted octanol–water partition coefficient (Wildman–Crippen LogP) is 3.86. The van der Waals surface area contributed by atoms with Crippen LogP contribution in [0, 0.1) is 5.82 Å². The van der Waals surface area contributed by atoms with Crippen molar-refractivity contribution < 1.29 is 13.9 Å². The molecule has 124 valence electrons. The van der Waals surface area contributed by atoms with Gasteiger partial charge in [0.15, 0.2) is 6.10 Å². The van der Waals surface area contributed by atoms with Gasteiger partial charge in [0.1, 0.15) is 16.6 Å². The second kappa shape index (κ2) is 6.97. The van der Waals surface area contributed by atoms with Crippen molar-refractivity contribution in [3.8, 4) is 5.75 Å². The number of rotatable bonds is 5. The minimum Gasteiger partial charge on any atom is -0.481 e. The molecule has 0 unspecified atom stereocenters. The Kier molecular flexibility index (Phi) is 4.76. The van der Waals surface area contributed by atoms with Crippen molar-refractivity contribution in [2.75, 3.05) is 7.05 Å². The fraction of sp³-hybridized carbons (Fsp3) is 0.222. The first-order valence-electron chi connectivity index (χ1n) is 7.54. The van der Waals surface area contributed by atoms with Crippen LogP contribution in [0.3, 0.4) is 0 Å². The first-order valence-corrected chi connectivity index (χ1v) is 8.36. The summed E-state index contributed by atoms with van der Waals surface area (Å²) in [4.78, 5) is 18.6. The number of ether oxygens (including phenoxy) is 1. The third kappa shape index (κ3) is 3.71. The molecule has 0 saturated heterocycles. The van der Waals surface area contributed by atoms with Crippen LogP contribution >= 0.6 is 11.3 Å². The Hall–Kier alpha value is -2.47. The van der Waals surface area contributed by atoms with Crippen LogP contribution in [-0.4, -0.2) is 28.9 Å². The van der Waals surface area contributed by atoms with Gasteiger partial charge in [0.05, 0.1) is 16.8 Å². The maximum absolute atomic E-state index is 12.9. The Morgan fingerprint density at radius 1 is 1.25 bits per heavy atom. The van der Waals surface area contributed by atoms with Crippen molar-refractivity contribution in [1.29, 1.82) is 0 Å². The average molecular weight is 344 g/mol. The summed E-state index contributed by atoms with van der Waals surface area (Å²) in [5, 5.41) is 0.876. The summed E-state index contributed by atoms with van der Waals surface area (Å²) < 4.78 is 19.6. The van der Waals surface area contributed by atoms with E-state index in [1.807, 2.05) is 24.3 Å². The number of benzene rings is 2. The lowest BCUT2D eigenvalue weighted by Crippen LogP contribution is -2.37. The third-order valence-corrected chi connectivity index (χ3v) is 4.58. The minimum atomic E-state index is -0.658. The highest BCUT2D eigenvalue weighted by Crippen LogP contribution is 2.22. The molecule has 1 atom stereocenters. The molecule has 0 fully saturated rings. The number of carbonyl (C=O) groups is 1. The summed E-state index contributed by atoms with van der Waals surface area (Å²) >= 11 is 1.57. The van der Waals surface area contributed by atoms with Crippen LogP contribution in [0.5, 0.6) is 5.75 Å². The number of hydrogen-bond acceptors (Lipinski definition) is 4. The zero-order valence-electron chi connectivity index (χ0n) is 13.4. The molecule has 0 aliphatic carbocycles. The van der Waals surface area contributed by atoms with E-state index in [9.17, 15) is 9.18 Å². The lowest BCUT2D eigenvalue weighted by Gasteiger charge is -2.21. The second-order valence-corrected chi connectivity index (χ2v) is 6.60. The smallest absolute Gasteiger partial charge is 0.263 e. The van der Waals surface area contributed by atoms with Crippen LogP contribution in [0.25, 0.3) is 10.2 Å². The van der Waals surface area contributed by atoms with Gasteiger partial charge < -0.3 is 9.64 Å². The second-order valence-electron chi connectivity index (χ2n) is 5.48. The van der Waals surface area contributed by atoms with E-state index in [1.165, 1.54) is 24.3 Å². The molecule has 1 amide bonds. The van der Waals surface area contributed by atoms with Gasteiger partial charge in [0.2, 0.25) is 0 Å². The number of thiazole rings is 1. The molecular formula is C18H17FN2O2S. The van der Waals surface area contributed by atoms with Crippen LogP contribution in [0.1, 0.15) is 11.9 Å². The summed E-state index contributed by atoms with van der Waals surface area (Å²) in [5.41, 5.74) is 0.939. The zero-order chi connectivity index (χ0) is 17.1. The molecule has 0 saturated carbocycles. The predicted molar refractivity (Wildman–Crippen MR) is 92.6 cm³/mol. The first kappa shape index (κ1) is 16.4. The highest BCUT2D eigenvalue weighted by molar-refractivity contribution is 7.18. The normalized spacial score (nSPS) is 12.1. The van der Waals surface area contributed by atoms with Gasteiger partial charge in [-0.3, -0.25) is 4.79 Å². The van der Waals surface area contributed by atoms with E-state index in [4.69, 9.17) is 4.74 Å². The van der Waals surface area contributed by atoms with E-state index in [1.54, 1.807) is 30.2 Å². The van der Waals surface area contributed by atoms with Crippen LogP contribution in [0.2, 0.25) is 0 Å². The zero-order valence-corrected chi connectivity index (χ0v) is 14.2. The van der Waals surface area contributed by atoms with Crippen molar-refractivity contribution in [3.63, 3.8) is 0 Å². The van der Waals surface area contributed by atoms with Crippen LogP contribution in [-0.2, 0) is 11.3 Å². The average Bonchev–Trinajstić information content (AvgIpc) is 2.98. The summed E-state index contributed by atoms with van der Waals surface area (Å²) in [6.45, 7) is 2.11. The topological polar surface area (TPSA) is 42.4 Å². The fourth-order valence-electron chi connectivity index (χ4n) is 2.35. The van der Waals surface area contributed by atoms with E-state index >= 15 is 0 Å². The summed E-state index contributed by atoms with van der Waals surface area (Å²) in [7, 11) is 1.72. The highest BCUT2D eigenvalue weighted by Gasteiger charge is 2.20. The van der Waals surface area contributed by atoms with Gasteiger partial charge in [-0.25, -0.2) is 9.37 Å². The number of hydrogen-bond donors (Lipinski definition) is 0. The maximum Gasteiger partial charge on any atom is 0.263 e. The Morgan fingerprint density at radius 2 is 1.96 bits per heavy atom. The number of likely N-dealkylation sites (N-methyl/N-ethyl adjacent to an activating group) is 1. The van der Waals surface area contributed by atoms with Crippen molar-refractivity contribution in [2.45, 2.75) is 19.6 Å². The molecule has 0 aliphatic rings. The highest BCUT2D eigenvalue weighted by atomic mass is 32.1. The molecule has 3 rings (SSSR count). The van der Waals surface area contributed by atoms with Crippen LogP contribution in [0.4, 0.5) is 4.39 Å². The van der Waals surface area contributed by atoms with Gasteiger partial charge in [-0.15, -0.1) is 11.3 Å². The molecular weight excluding hydrogens is 327 g/mol. The van der Waals surface area contributed by atoms with Gasteiger partial charge in [0.25, 0.3) is 5.91 Å². The van der Waals surface area contributed by atoms with E-state index < -0.39 is 6.10 Å². The van der Waals surface area contributed by atoms with Gasteiger partial charge >= 0.3 is 0 Å². The molecule has 0 N–H and O–H groups in total. The van der Waals surface area contributed by atoms with E-state index in [0.29, 0.717) is 12.3 Å². The maximum atomic E-state index is 12.9. The fourth-order valence-corrected chi connectivity index (χ4v) is 3.37. The van der Waals surface area contributed by atoms with Gasteiger partial charge in [-0.1, -0.05) is 12.1 Å². The Bertz CT molecular complexity index is 815. The summed E-state index contributed by atoms with van der Waals surface area (Å²) in [5.74, 6) is -0.0292. The number of fused-ring (bicyclic) bond motifs is 1. The third-order valence-electron chi connectivity index (χ3n) is 3.56. The molecule has 0 spiro atoms. The number of para-hydroxylation sites is 1. The van der Waals surface area contributed by atoms with Gasteiger partial charge in [-0.2, -0.15) is 0 Å². The molecule has 1 aromatic heterocycles. The number of amides is 1. The molecule has 0 radical (unpaired) electrons. The number of aromatic nitrogens is 1. The summed E-state index contributed by atoms with van der Waals surface area (Å²) in [6.07, 6.45) is -0.658. The molecule has 3 aromatic rings. The molecule has 0 bridgehead atoms. The van der Waals surface area contributed by atoms with Gasteiger partial charge in [0, 0.05) is 7.05 Å². The number of nitrogens with zero attached hydrogens (tertiary/aromatic N) is 2. The molecule has 4 nitrogen and oxygen atoms in total. The van der Waals surface area contributed by atoms with Crippen molar-refractivity contribution >= 4 is 27.5 Å². The van der Waals surface area contributed by atoms with Crippen LogP contribution < -0.4 is 4.74 Å². The lowest BCUT2D eigenvalue weighted by molar-refractivity contribution is -0.137. The number of halogens is 1. The van der Waals surface area contributed by atoms with Crippen molar-refractivity contribution in [2.24, 2.45) is 0 Å². The molecule has 6 heteroatoms. The minimum absolute atomic E-state index is 0.154. The van der Waals surface area contributed by atoms with Crippen molar-refractivity contribution in [3.05, 3.63) is 59.4 Å². The Morgan fingerprint density at radius 3 is 2.67 bits per heavy atom. The Balaban J connectivity index is 1.63. The molecule has 0 aliphatic heterocycles. The number of carbonyl (C=O) groups excluding carboxylic acids is 1. The van der Waals surface area contributed by atoms with E-state index in [0.717, 1.165) is 15.2 Å². The van der Waals surface area contributed by atoms with E-state index in [-0.39, 0.29) is 11.7 Å². The molecule has 24 heavy (non-hydrogen) atoms. The van der Waals surface area contributed by atoms with Crippen LogP contribution in [0.15, 0.2) is 48.5 Å². The quantitative estimate of drug-likeness (QED) is 0.706. The SMILES string of the molecule is C[C@@H](Oc1ccc(F)cc1)C(=O)N(C)Cc1nc2ccccc2s1. The monoisotopic (exact) mass is 344 g/mol. The molecule has 2 aromatic carbocycles. The standard InChI is InChI=1S/C18H17FN2O2S/c1-12(23-14-9-7-13(19)8-10-14)18(22)21(2)11-17-20-15-5-3-4-6-16(15)24-17/h3-10,12H,11H2,1-2H3/t12-/m1/s1. The van der Waals surface area contributed by atoms with E-state index in [2.05, 4.69) is 4.98 Å². The van der Waals surface area contributed by atoms with Gasteiger partial charge in [-0.05, 0) is 43.3 Å². The first-order chi connectivity index (χ1) is 11.5. The molecule has 1 heterocycles.